The highest BCUT2D eigenvalue weighted by atomic mass is 79.9. The average Bonchev–Trinajstić information content (AvgIpc) is 2.91. The van der Waals surface area contributed by atoms with Gasteiger partial charge in [-0.2, -0.15) is 0 Å². The largest absolute Gasteiger partial charge is 0.421 e. The quantitative estimate of drug-likeness (QED) is 0.0421. The monoisotopic (exact) mass is 559 g/mol. The van der Waals surface area contributed by atoms with Gasteiger partial charge in [-0.25, -0.2) is 4.79 Å². The molecule has 0 spiro atoms. The molecule has 0 unspecified atom stereocenters. The van der Waals surface area contributed by atoms with Gasteiger partial charge in [-0.3, -0.25) is 14.9 Å². The summed E-state index contributed by atoms with van der Waals surface area (Å²) in [5.41, 5.74) is 0.936. The van der Waals surface area contributed by atoms with E-state index >= 15 is 0 Å². The maximum atomic E-state index is 13.8. The average molecular weight is 560 g/mol. The lowest BCUT2D eigenvalue weighted by molar-refractivity contribution is -0.387. The Hall–Kier alpha value is -4.01. The van der Waals surface area contributed by atoms with Crippen LogP contribution in [0.15, 0.2) is 123 Å². The molecule has 178 valence electrons. The van der Waals surface area contributed by atoms with Gasteiger partial charge in [-0.1, -0.05) is 96.7 Å². The predicted octanol–water partition coefficient (Wildman–Crippen LogP) is 7.56. The number of rotatable bonds is 8. The highest BCUT2D eigenvalue weighted by molar-refractivity contribution is 9.10. The summed E-state index contributed by atoms with van der Waals surface area (Å²) in [5.74, 6) is -1.10. The summed E-state index contributed by atoms with van der Waals surface area (Å²) in [6.07, 6.45) is 0. The molecule has 4 aromatic rings. The minimum Gasteiger partial charge on any atom is -0.421 e. The van der Waals surface area contributed by atoms with Crippen molar-refractivity contribution in [2.75, 3.05) is 0 Å². The Kier molecular flexibility index (Phi) is 8.10. The van der Waals surface area contributed by atoms with Gasteiger partial charge >= 0.3 is 5.97 Å². The molecule has 0 aliphatic heterocycles. The molecule has 8 heteroatoms. The smallest absolute Gasteiger partial charge is 0.344 e. The van der Waals surface area contributed by atoms with Gasteiger partial charge in [0, 0.05) is 21.7 Å². The van der Waals surface area contributed by atoms with E-state index < -0.39 is 16.7 Å². The molecule has 0 aliphatic carbocycles. The normalized spacial score (nSPS) is 11.4. The van der Waals surface area contributed by atoms with Gasteiger partial charge in [0.25, 0.3) is 5.69 Å². The van der Waals surface area contributed by atoms with Crippen molar-refractivity contribution in [3.05, 3.63) is 145 Å². The number of carbonyl (C=O) groups is 2. The van der Waals surface area contributed by atoms with Crippen LogP contribution >= 0.6 is 27.7 Å². The second-order valence-electron chi connectivity index (χ2n) is 7.42. The number of ketones is 1. The van der Waals surface area contributed by atoms with E-state index in [1.165, 1.54) is 6.07 Å². The third-order valence-corrected chi connectivity index (χ3v) is 6.88. The lowest BCUT2D eigenvalue weighted by atomic mass is 10.1. The molecule has 0 atom stereocenters. The molecular weight excluding hydrogens is 542 g/mol. The first kappa shape index (κ1) is 25.1. The van der Waals surface area contributed by atoms with Crippen LogP contribution in [0.1, 0.15) is 26.3 Å². The van der Waals surface area contributed by atoms with Crippen LogP contribution in [-0.2, 0) is 4.74 Å². The van der Waals surface area contributed by atoms with Crippen LogP contribution in [0.4, 0.5) is 5.69 Å². The minimum absolute atomic E-state index is 0.00774. The molecule has 0 saturated heterocycles. The Morgan fingerprint density at radius 1 is 0.750 bits per heavy atom. The molecule has 0 bridgehead atoms. The Balaban J connectivity index is 1.92. The predicted molar refractivity (Wildman–Crippen MR) is 143 cm³/mol. The lowest BCUT2D eigenvalue weighted by Crippen LogP contribution is -2.11. The van der Waals surface area contributed by atoms with Gasteiger partial charge in [-0.15, -0.1) is 0 Å². The van der Waals surface area contributed by atoms with Crippen molar-refractivity contribution in [1.29, 1.82) is 0 Å². The van der Waals surface area contributed by atoms with Crippen molar-refractivity contribution in [2.45, 2.75) is 4.90 Å². The molecular formula is C28H18BrNO5S. The SMILES string of the molecule is O=C(/C(Sc1ccccc1[N+](=O)[O-])=C(\OC(=O)c1ccccc1Br)c1ccccc1)c1ccccc1. The molecule has 0 fully saturated rings. The van der Waals surface area contributed by atoms with Crippen LogP contribution in [0.25, 0.3) is 5.76 Å². The molecule has 0 saturated carbocycles. The number of nitro benzene ring substituents is 1. The van der Waals surface area contributed by atoms with Crippen LogP contribution in [-0.4, -0.2) is 16.7 Å². The van der Waals surface area contributed by atoms with Gasteiger partial charge in [-0.05, 0) is 34.1 Å². The van der Waals surface area contributed by atoms with E-state index in [0.29, 0.717) is 15.6 Å². The van der Waals surface area contributed by atoms with E-state index in [4.69, 9.17) is 4.74 Å². The molecule has 36 heavy (non-hydrogen) atoms. The van der Waals surface area contributed by atoms with E-state index in [9.17, 15) is 19.7 Å². The Morgan fingerprint density at radius 3 is 1.94 bits per heavy atom. The van der Waals surface area contributed by atoms with Crippen LogP contribution < -0.4 is 0 Å². The number of allylic oxidation sites excluding steroid dienone is 1. The summed E-state index contributed by atoms with van der Waals surface area (Å²) in [7, 11) is 0. The molecule has 4 rings (SSSR count). The van der Waals surface area contributed by atoms with E-state index in [2.05, 4.69) is 15.9 Å². The van der Waals surface area contributed by atoms with Crippen molar-refractivity contribution in [3.8, 4) is 0 Å². The summed E-state index contributed by atoms with van der Waals surface area (Å²) in [4.78, 5) is 38.5. The number of halogens is 1. The van der Waals surface area contributed by atoms with E-state index in [0.717, 1.165) is 11.8 Å². The number of hydrogen-bond acceptors (Lipinski definition) is 6. The molecule has 4 aromatic carbocycles. The first-order valence-corrected chi connectivity index (χ1v) is 12.3. The number of nitro groups is 1. The second kappa shape index (κ2) is 11.6. The number of benzene rings is 4. The maximum Gasteiger partial charge on any atom is 0.344 e. The van der Waals surface area contributed by atoms with Crippen molar-refractivity contribution >= 4 is 50.9 Å². The number of Topliss-reactive ketones (excluding diaryl/α,β-unsaturated/α-hetero) is 1. The van der Waals surface area contributed by atoms with Crippen molar-refractivity contribution < 1.29 is 19.2 Å². The number of esters is 1. The fraction of sp³-hybridized carbons (Fsp3) is 0. The third kappa shape index (κ3) is 5.79. The number of nitrogens with zero attached hydrogens (tertiary/aromatic N) is 1. The molecule has 0 heterocycles. The van der Waals surface area contributed by atoms with E-state index in [1.54, 1.807) is 103 Å². The van der Waals surface area contributed by atoms with Crippen LogP contribution in [0.5, 0.6) is 0 Å². The van der Waals surface area contributed by atoms with Gasteiger partial charge in [0.05, 0.1) is 15.4 Å². The summed E-state index contributed by atoms with van der Waals surface area (Å²) in [6.45, 7) is 0. The number of para-hydroxylation sites is 1. The van der Waals surface area contributed by atoms with Gasteiger partial charge < -0.3 is 4.74 Å². The Morgan fingerprint density at radius 2 is 1.31 bits per heavy atom. The highest BCUT2D eigenvalue weighted by Gasteiger charge is 2.27. The van der Waals surface area contributed by atoms with Crippen LogP contribution in [0.2, 0.25) is 0 Å². The van der Waals surface area contributed by atoms with Crippen molar-refractivity contribution in [2.24, 2.45) is 0 Å². The summed E-state index contributed by atoms with van der Waals surface area (Å²) < 4.78 is 6.41. The van der Waals surface area contributed by atoms with E-state index in [1.807, 2.05) is 0 Å². The molecule has 0 radical (unpaired) electrons. The summed E-state index contributed by atoms with van der Waals surface area (Å²) in [5, 5.41) is 11.7. The maximum absolute atomic E-state index is 13.8. The number of ether oxygens (including phenoxy) is 1. The van der Waals surface area contributed by atoms with Gasteiger partial charge in [0.2, 0.25) is 5.78 Å². The lowest BCUT2D eigenvalue weighted by Gasteiger charge is -2.16. The Labute approximate surface area is 219 Å². The van der Waals surface area contributed by atoms with Crippen molar-refractivity contribution in [3.63, 3.8) is 0 Å². The topological polar surface area (TPSA) is 86.5 Å². The van der Waals surface area contributed by atoms with Crippen LogP contribution in [0, 0.1) is 10.1 Å². The zero-order valence-corrected chi connectivity index (χ0v) is 21.1. The summed E-state index contributed by atoms with van der Waals surface area (Å²) >= 11 is 4.25. The first-order chi connectivity index (χ1) is 17.5. The zero-order valence-electron chi connectivity index (χ0n) is 18.7. The molecule has 0 aromatic heterocycles. The molecule has 0 aliphatic rings. The number of hydrogen-bond donors (Lipinski definition) is 0. The zero-order chi connectivity index (χ0) is 25.5. The number of thioether (sulfide) groups is 1. The number of carbonyl (C=O) groups excluding carboxylic acids is 2. The standard InChI is InChI=1S/C28H18BrNO5S/c29-22-16-8-7-15-21(22)28(32)35-26(20-13-5-2-6-14-20)27(25(31)19-11-3-1-4-12-19)36-24-18-10-9-17-23(24)30(33)34/h1-18H/b27-26+. The molecule has 0 N–H and O–H groups in total. The first-order valence-electron chi connectivity index (χ1n) is 10.7. The van der Waals surface area contributed by atoms with Gasteiger partial charge in [0.1, 0.15) is 4.91 Å². The Bertz CT molecular complexity index is 1460. The minimum atomic E-state index is -0.678. The van der Waals surface area contributed by atoms with Crippen LogP contribution in [0.3, 0.4) is 0 Å². The second-order valence-corrected chi connectivity index (χ2v) is 9.32. The highest BCUT2D eigenvalue weighted by Crippen LogP contribution is 2.40. The van der Waals surface area contributed by atoms with Crippen molar-refractivity contribution in [1.82, 2.24) is 0 Å². The van der Waals surface area contributed by atoms with E-state index in [-0.39, 0.29) is 26.8 Å². The third-order valence-electron chi connectivity index (χ3n) is 5.05. The summed E-state index contributed by atoms with van der Waals surface area (Å²) in [6, 6.07) is 30.1. The fourth-order valence-electron chi connectivity index (χ4n) is 3.32. The fourth-order valence-corrected chi connectivity index (χ4v) is 4.84. The van der Waals surface area contributed by atoms with Gasteiger partial charge in [0.15, 0.2) is 5.76 Å². The molecule has 6 nitrogen and oxygen atoms in total. The molecule has 0 amide bonds.